The molecule has 0 saturated heterocycles. The van der Waals surface area contributed by atoms with Crippen LogP contribution in [0.25, 0.3) is 16.9 Å². The predicted octanol–water partition coefficient (Wildman–Crippen LogP) is 3.19. The number of nitrogens with zero attached hydrogens (tertiary/aromatic N) is 4. The van der Waals surface area contributed by atoms with Crippen molar-refractivity contribution in [3.05, 3.63) is 46.6 Å². The number of aryl methyl sites for hydroxylation is 2. The van der Waals surface area contributed by atoms with Crippen molar-refractivity contribution >= 4 is 27.0 Å². The van der Waals surface area contributed by atoms with E-state index in [1.54, 1.807) is 12.4 Å². The highest BCUT2D eigenvalue weighted by Gasteiger charge is 2.10. The lowest BCUT2D eigenvalue weighted by atomic mass is 10.2. The Morgan fingerprint density at radius 1 is 1.11 bits per heavy atom. The number of imidazole rings is 1. The molecule has 0 bridgehead atoms. The van der Waals surface area contributed by atoms with Crippen molar-refractivity contribution in [1.82, 2.24) is 19.5 Å². The Morgan fingerprint density at radius 3 is 2.67 bits per heavy atom. The molecule has 0 fully saturated rings. The Morgan fingerprint density at radius 2 is 1.94 bits per heavy atom. The lowest BCUT2D eigenvalue weighted by Crippen LogP contribution is -2.00. The second-order valence-corrected chi connectivity index (χ2v) is 5.00. The van der Waals surface area contributed by atoms with Gasteiger partial charge < -0.3 is 0 Å². The van der Waals surface area contributed by atoms with Gasteiger partial charge in [-0.15, -0.1) is 0 Å². The first-order valence-electron chi connectivity index (χ1n) is 5.59. The summed E-state index contributed by atoms with van der Waals surface area (Å²) in [6.07, 6.45) is 3.42. The predicted molar refractivity (Wildman–Crippen MR) is 73.8 cm³/mol. The second-order valence-electron chi connectivity index (χ2n) is 4.18. The molecule has 4 nitrogen and oxygen atoms in total. The molecule has 3 rings (SSSR count). The molecule has 2 heterocycles. The lowest BCUT2D eigenvalue weighted by molar-refractivity contribution is 0.936. The van der Waals surface area contributed by atoms with Crippen molar-refractivity contribution in [2.45, 2.75) is 13.8 Å². The molecular formula is C13H11BrN4. The van der Waals surface area contributed by atoms with E-state index in [9.17, 15) is 0 Å². The molecule has 5 heteroatoms. The van der Waals surface area contributed by atoms with Crippen LogP contribution in [0.1, 0.15) is 11.4 Å². The quantitative estimate of drug-likeness (QED) is 0.693. The zero-order valence-corrected chi connectivity index (χ0v) is 11.6. The molecule has 0 radical (unpaired) electrons. The third-order valence-electron chi connectivity index (χ3n) is 2.81. The van der Waals surface area contributed by atoms with Gasteiger partial charge in [-0.3, -0.25) is 4.57 Å². The molecule has 0 aliphatic carbocycles. The van der Waals surface area contributed by atoms with E-state index in [1.165, 1.54) is 5.56 Å². The van der Waals surface area contributed by atoms with Crippen LogP contribution in [0, 0.1) is 13.8 Å². The van der Waals surface area contributed by atoms with E-state index in [4.69, 9.17) is 0 Å². The van der Waals surface area contributed by atoms with E-state index in [0.29, 0.717) is 0 Å². The van der Waals surface area contributed by atoms with E-state index in [2.05, 4.69) is 56.0 Å². The molecular weight excluding hydrogens is 292 g/mol. The van der Waals surface area contributed by atoms with Crippen LogP contribution in [0.15, 0.2) is 35.2 Å². The molecule has 0 saturated carbocycles. The molecule has 3 aromatic rings. The number of rotatable bonds is 1. The summed E-state index contributed by atoms with van der Waals surface area (Å²) in [5.41, 5.74) is 3.24. The highest BCUT2D eigenvalue weighted by atomic mass is 79.9. The highest BCUT2D eigenvalue weighted by Crippen LogP contribution is 2.21. The second kappa shape index (κ2) is 4.17. The van der Waals surface area contributed by atoms with Crippen LogP contribution in [0.4, 0.5) is 0 Å². The molecule has 0 aliphatic heterocycles. The van der Waals surface area contributed by atoms with Gasteiger partial charge in [0.15, 0.2) is 5.82 Å². The Bertz CT molecular complexity index is 716. The SMILES string of the molecule is Cc1ccc2c(c1)nc(C)n2-c1cnc(Br)cn1. The van der Waals surface area contributed by atoms with Crippen molar-refractivity contribution in [2.24, 2.45) is 0 Å². The third-order valence-corrected chi connectivity index (χ3v) is 3.22. The first-order valence-corrected chi connectivity index (χ1v) is 6.38. The van der Waals surface area contributed by atoms with Gasteiger partial charge in [-0.05, 0) is 47.5 Å². The van der Waals surface area contributed by atoms with Crippen LogP contribution in [-0.2, 0) is 0 Å². The van der Waals surface area contributed by atoms with Crippen molar-refractivity contribution in [3.8, 4) is 5.82 Å². The van der Waals surface area contributed by atoms with E-state index in [0.717, 1.165) is 27.3 Å². The summed E-state index contributed by atoms with van der Waals surface area (Å²) in [6.45, 7) is 4.03. The molecule has 0 unspecified atom stereocenters. The fourth-order valence-corrected chi connectivity index (χ4v) is 2.23. The molecule has 0 amide bonds. The van der Waals surface area contributed by atoms with E-state index < -0.39 is 0 Å². The topological polar surface area (TPSA) is 43.6 Å². The monoisotopic (exact) mass is 302 g/mol. The van der Waals surface area contributed by atoms with Crippen molar-refractivity contribution < 1.29 is 0 Å². The van der Waals surface area contributed by atoms with E-state index in [1.807, 2.05) is 11.5 Å². The van der Waals surface area contributed by atoms with Gasteiger partial charge >= 0.3 is 0 Å². The summed E-state index contributed by atoms with van der Waals surface area (Å²) in [7, 11) is 0. The minimum Gasteiger partial charge on any atom is -0.279 e. The minimum atomic E-state index is 0.726. The standard InChI is InChI=1S/C13H11BrN4/c1-8-3-4-11-10(5-8)17-9(2)18(11)13-7-15-12(14)6-16-13/h3-7H,1-2H3. The zero-order valence-electron chi connectivity index (χ0n) is 10.1. The first-order chi connectivity index (χ1) is 8.65. The Labute approximate surface area is 113 Å². The highest BCUT2D eigenvalue weighted by molar-refractivity contribution is 9.10. The first kappa shape index (κ1) is 11.3. The maximum Gasteiger partial charge on any atom is 0.157 e. The Kier molecular flexibility index (Phi) is 2.63. The summed E-state index contributed by atoms with van der Waals surface area (Å²) >= 11 is 3.29. The van der Waals surface area contributed by atoms with Gasteiger partial charge in [0, 0.05) is 0 Å². The van der Waals surface area contributed by atoms with Crippen LogP contribution in [0.3, 0.4) is 0 Å². The summed E-state index contributed by atoms with van der Waals surface area (Å²) in [6, 6.07) is 6.21. The van der Waals surface area contributed by atoms with Gasteiger partial charge in [0.25, 0.3) is 0 Å². The van der Waals surface area contributed by atoms with Gasteiger partial charge in [-0.2, -0.15) is 0 Å². The number of aromatic nitrogens is 4. The van der Waals surface area contributed by atoms with Crippen LogP contribution >= 0.6 is 15.9 Å². The van der Waals surface area contributed by atoms with Gasteiger partial charge in [-0.25, -0.2) is 15.0 Å². The van der Waals surface area contributed by atoms with Crippen LogP contribution in [0.2, 0.25) is 0 Å². The summed E-state index contributed by atoms with van der Waals surface area (Å²) in [4.78, 5) is 13.1. The summed E-state index contributed by atoms with van der Waals surface area (Å²) < 4.78 is 2.73. The number of halogens is 1. The van der Waals surface area contributed by atoms with Crippen LogP contribution in [0.5, 0.6) is 0 Å². The normalized spacial score (nSPS) is 11.1. The molecule has 18 heavy (non-hydrogen) atoms. The third kappa shape index (κ3) is 1.80. The fraction of sp³-hybridized carbons (Fsp3) is 0.154. The molecule has 0 N–H and O–H groups in total. The summed E-state index contributed by atoms with van der Waals surface area (Å²) in [5.74, 6) is 1.69. The zero-order chi connectivity index (χ0) is 12.7. The van der Waals surface area contributed by atoms with Crippen molar-refractivity contribution in [2.75, 3.05) is 0 Å². The van der Waals surface area contributed by atoms with Gasteiger partial charge in [0.05, 0.1) is 23.4 Å². The summed E-state index contributed by atoms with van der Waals surface area (Å²) in [5, 5.41) is 0. The van der Waals surface area contributed by atoms with Crippen molar-refractivity contribution in [3.63, 3.8) is 0 Å². The van der Waals surface area contributed by atoms with E-state index >= 15 is 0 Å². The van der Waals surface area contributed by atoms with Crippen molar-refractivity contribution in [1.29, 1.82) is 0 Å². The average Bonchev–Trinajstić information content (AvgIpc) is 2.65. The molecule has 0 spiro atoms. The van der Waals surface area contributed by atoms with Gasteiger partial charge in [0.1, 0.15) is 10.4 Å². The van der Waals surface area contributed by atoms with Gasteiger partial charge in [0.2, 0.25) is 0 Å². The maximum atomic E-state index is 4.56. The number of hydrogen-bond donors (Lipinski definition) is 0. The number of fused-ring (bicyclic) bond motifs is 1. The van der Waals surface area contributed by atoms with Gasteiger partial charge in [-0.1, -0.05) is 6.07 Å². The maximum absolute atomic E-state index is 4.56. The largest absolute Gasteiger partial charge is 0.279 e. The molecule has 0 aliphatic rings. The molecule has 0 atom stereocenters. The molecule has 2 aromatic heterocycles. The lowest BCUT2D eigenvalue weighted by Gasteiger charge is -2.05. The fourth-order valence-electron chi connectivity index (χ4n) is 2.02. The molecule has 90 valence electrons. The molecule has 1 aromatic carbocycles. The smallest absolute Gasteiger partial charge is 0.157 e. The Balaban J connectivity index is 2.28. The van der Waals surface area contributed by atoms with E-state index in [-0.39, 0.29) is 0 Å². The minimum absolute atomic E-state index is 0.726. The number of benzene rings is 1. The van der Waals surface area contributed by atoms with Crippen LogP contribution < -0.4 is 0 Å². The Hall–Kier alpha value is -1.75. The average molecular weight is 303 g/mol. The number of hydrogen-bond acceptors (Lipinski definition) is 3. The van der Waals surface area contributed by atoms with Crippen LogP contribution in [-0.4, -0.2) is 19.5 Å².